The topological polar surface area (TPSA) is 0 Å². The molecular formula is C42H38Cl2F6Zr. The number of rotatable bonds is 6. The van der Waals surface area contributed by atoms with Crippen LogP contribution in [0.5, 0.6) is 0 Å². The maximum atomic E-state index is 13.4. The minimum Gasteiger partial charge on any atom is -1.00 e. The summed E-state index contributed by atoms with van der Waals surface area (Å²) in [6.07, 6.45) is 2.90. The summed E-state index contributed by atoms with van der Waals surface area (Å²) in [7, 11) is 0. The fraction of sp³-hybridized carbons (Fsp3) is 0.333. The van der Waals surface area contributed by atoms with Gasteiger partial charge in [0.1, 0.15) is 0 Å². The molecule has 4 atom stereocenters. The summed E-state index contributed by atoms with van der Waals surface area (Å²) in [6.45, 7) is 4.49. The van der Waals surface area contributed by atoms with Gasteiger partial charge in [0.2, 0.25) is 0 Å². The van der Waals surface area contributed by atoms with Crippen molar-refractivity contribution < 1.29 is 71.4 Å². The van der Waals surface area contributed by atoms with Crippen molar-refractivity contribution in [2.45, 2.75) is 79.2 Å². The van der Waals surface area contributed by atoms with E-state index in [1.54, 1.807) is 24.3 Å². The van der Waals surface area contributed by atoms with Gasteiger partial charge >= 0.3 is 290 Å². The molecule has 0 bridgehead atoms. The first-order valence-electron chi connectivity index (χ1n) is 17.5. The second-order valence-corrected chi connectivity index (χ2v) is 25.7. The minimum absolute atomic E-state index is 0. The normalized spacial score (nSPS) is 23.5. The zero-order valence-corrected chi connectivity index (χ0v) is 32.3. The summed E-state index contributed by atoms with van der Waals surface area (Å²) in [5, 5.41) is 0. The van der Waals surface area contributed by atoms with Crippen molar-refractivity contribution in [1.82, 2.24) is 0 Å². The molecular weight excluding hydrogens is 781 g/mol. The molecule has 0 nitrogen and oxygen atoms in total. The Labute approximate surface area is 312 Å². The van der Waals surface area contributed by atoms with Crippen LogP contribution in [0.3, 0.4) is 0 Å². The van der Waals surface area contributed by atoms with E-state index in [0.717, 1.165) is 42.3 Å². The van der Waals surface area contributed by atoms with Gasteiger partial charge in [0, 0.05) is 0 Å². The molecule has 4 unspecified atom stereocenters. The van der Waals surface area contributed by atoms with Crippen molar-refractivity contribution in [1.29, 1.82) is 0 Å². The van der Waals surface area contributed by atoms with Crippen LogP contribution in [-0.2, 0) is 32.6 Å². The summed E-state index contributed by atoms with van der Waals surface area (Å²) in [5.74, 6) is 0. The molecule has 0 spiro atoms. The molecule has 8 rings (SSSR count). The van der Waals surface area contributed by atoms with Crippen molar-refractivity contribution >= 4 is 12.2 Å². The largest absolute Gasteiger partial charge is 1.00 e. The molecule has 4 aromatic rings. The zero-order chi connectivity index (χ0) is 34.3. The number of allylic oxidation sites excluding steroid dienone is 2. The van der Waals surface area contributed by atoms with Gasteiger partial charge in [-0.15, -0.1) is 0 Å². The Hall–Kier alpha value is -2.60. The quantitative estimate of drug-likeness (QED) is 0.175. The van der Waals surface area contributed by atoms with E-state index in [0.29, 0.717) is 7.25 Å². The summed E-state index contributed by atoms with van der Waals surface area (Å²) >= 11 is -3.31. The summed E-state index contributed by atoms with van der Waals surface area (Å²) in [5.41, 5.74) is 10.3. The third-order valence-corrected chi connectivity index (χ3v) is 29.1. The fourth-order valence-corrected chi connectivity index (χ4v) is 33.6. The van der Waals surface area contributed by atoms with E-state index in [2.05, 4.69) is 50.3 Å². The molecule has 0 amide bonds. The van der Waals surface area contributed by atoms with Crippen molar-refractivity contribution in [3.63, 3.8) is 0 Å². The predicted octanol–water partition coefficient (Wildman–Crippen LogP) is 7.78. The van der Waals surface area contributed by atoms with Crippen molar-refractivity contribution in [2.75, 3.05) is 0 Å². The number of halogens is 8. The van der Waals surface area contributed by atoms with Gasteiger partial charge in [0.05, 0.1) is 0 Å². The standard InChI is InChI=1S/2C18H14F3.C6H10.2ClH.Zr/c2*1-2-12-10-14-4-3-5-16(17(14)11-12)13-6-8-15(9-7-13)18(19,20)21;1-2-4-6-5-3-1;;;/h2*3-11H,2H2,1H3;1-2H,3-6H2;2*1H;/q;;;;;+2/p-2. The van der Waals surface area contributed by atoms with Crippen LogP contribution < -0.4 is 24.8 Å². The van der Waals surface area contributed by atoms with Gasteiger partial charge in [0.15, 0.2) is 0 Å². The van der Waals surface area contributed by atoms with E-state index in [9.17, 15) is 26.3 Å². The van der Waals surface area contributed by atoms with E-state index in [4.69, 9.17) is 0 Å². The van der Waals surface area contributed by atoms with Crippen LogP contribution in [0.15, 0.2) is 96.1 Å². The van der Waals surface area contributed by atoms with Gasteiger partial charge in [-0.1, -0.05) is 0 Å². The van der Waals surface area contributed by atoms with Crippen LogP contribution in [0.1, 0.15) is 93.0 Å². The SMILES string of the molecule is CCC1=Cc2c(-c3ccc(C(F)(F)F)cc3)cccc2[CH]1[Zr+2]1([CH]2C(CC)=Cc3c(-c4ccc(C(F)(F)F)cc4)cccc32)[CH]2CCCC[CH]21.[Cl-].[Cl-]. The Bertz CT molecular complexity index is 1850. The van der Waals surface area contributed by atoms with E-state index in [1.807, 2.05) is 12.1 Å². The third-order valence-electron chi connectivity index (χ3n) is 12.1. The molecule has 1 aliphatic heterocycles. The molecule has 0 aromatic heterocycles. The van der Waals surface area contributed by atoms with Crippen LogP contribution in [-0.4, -0.2) is 0 Å². The summed E-state index contributed by atoms with van der Waals surface area (Å²) in [6, 6.07) is 24.0. The van der Waals surface area contributed by atoms with E-state index in [-0.39, 0.29) is 24.8 Å². The molecule has 3 aliphatic carbocycles. The predicted molar refractivity (Wildman–Crippen MR) is 182 cm³/mol. The second kappa shape index (κ2) is 14.0. The zero-order valence-electron chi connectivity index (χ0n) is 28.3. The maximum absolute atomic E-state index is 13.4. The molecule has 51 heavy (non-hydrogen) atoms. The van der Waals surface area contributed by atoms with Gasteiger partial charge < -0.3 is 24.8 Å². The van der Waals surface area contributed by atoms with E-state index >= 15 is 0 Å². The first kappa shape index (κ1) is 38.1. The molecule has 0 N–H and O–H groups in total. The average Bonchev–Trinajstić information content (AvgIpc) is 3.37. The van der Waals surface area contributed by atoms with Crippen molar-refractivity contribution in [2.24, 2.45) is 0 Å². The Balaban J connectivity index is 0.00000224. The first-order valence-corrected chi connectivity index (χ1v) is 23.2. The third kappa shape index (κ3) is 6.12. The Kier molecular flexibility index (Phi) is 10.5. The van der Waals surface area contributed by atoms with Crippen LogP contribution in [0.25, 0.3) is 34.4 Å². The van der Waals surface area contributed by atoms with Gasteiger partial charge in [0.25, 0.3) is 0 Å². The maximum Gasteiger partial charge on any atom is -1.00 e. The van der Waals surface area contributed by atoms with E-state index < -0.39 is 43.7 Å². The van der Waals surface area contributed by atoms with Crippen LogP contribution in [0, 0.1) is 0 Å². The number of hydrogen-bond donors (Lipinski definition) is 0. The number of benzene rings is 4. The van der Waals surface area contributed by atoms with Crippen LogP contribution >= 0.6 is 0 Å². The van der Waals surface area contributed by atoms with Crippen LogP contribution in [0.2, 0.25) is 7.25 Å². The Morgan fingerprint density at radius 1 is 0.549 bits per heavy atom. The van der Waals surface area contributed by atoms with Gasteiger partial charge in [-0.3, -0.25) is 0 Å². The molecule has 1 heterocycles. The summed E-state index contributed by atoms with van der Waals surface area (Å²) in [4.78, 5) is 0. The molecule has 0 radical (unpaired) electrons. The van der Waals surface area contributed by atoms with Crippen molar-refractivity contribution in [3.05, 3.63) is 129 Å². The Morgan fingerprint density at radius 2 is 0.922 bits per heavy atom. The molecule has 1 saturated heterocycles. The van der Waals surface area contributed by atoms with Crippen LogP contribution in [0.4, 0.5) is 26.3 Å². The minimum atomic E-state index is -4.38. The smallest absolute Gasteiger partial charge is 1.00 e. The molecule has 9 heteroatoms. The molecule has 1 saturated carbocycles. The number of hydrogen-bond acceptors (Lipinski definition) is 0. The number of alkyl halides is 6. The van der Waals surface area contributed by atoms with E-state index in [1.165, 1.54) is 83.3 Å². The molecule has 4 aromatic carbocycles. The van der Waals surface area contributed by atoms with Gasteiger partial charge in [-0.25, -0.2) is 0 Å². The second-order valence-electron chi connectivity index (χ2n) is 14.3. The first-order chi connectivity index (χ1) is 23.5. The monoisotopic (exact) mass is 816 g/mol. The Morgan fingerprint density at radius 3 is 1.25 bits per heavy atom. The summed E-state index contributed by atoms with van der Waals surface area (Å²) < 4.78 is 82.8. The molecule has 2 fully saturated rings. The average molecular weight is 819 g/mol. The molecule has 266 valence electrons. The van der Waals surface area contributed by atoms with Gasteiger partial charge in [-0.2, -0.15) is 0 Å². The van der Waals surface area contributed by atoms with Crippen molar-refractivity contribution in [3.8, 4) is 22.3 Å². The fourth-order valence-electron chi connectivity index (χ4n) is 10.1. The number of fused-ring (bicyclic) bond motifs is 3. The van der Waals surface area contributed by atoms with Gasteiger partial charge in [-0.05, 0) is 0 Å². The molecule has 4 aliphatic rings.